The van der Waals surface area contributed by atoms with Crippen LogP contribution in [0, 0.1) is 0 Å². The SMILES string of the molecule is Cl.NCC1CCCCN1C(=O)CCNC(=O)Cc1ccccc1. The first-order chi connectivity index (χ1) is 10.7. The third-order valence-corrected chi connectivity index (χ3v) is 4.09. The lowest BCUT2D eigenvalue weighted by atomic mass is 10.0. The van der Waals surface area contributed by atoms with Crippen molar-refractivity contribution < 1.29 is 9.59 Å². The number of nitrogens with zero attached hydrogens (tertiary/aromatic N) is 1. The summed E-state index contributed by atoms with van der Waals surface area (Å²) in [5.74, 6) is 0.0446. The number of nitrogens with two attached hydrogens (primary N) is 1. The molecule has 0 aromatic heterocycles. The van der Waals surface area contributed by atoms with Gasteiger partial charge in [-0.15, -0.1) is 12.4 Å². The topological polar surface area (TPSA) is 75.4 Å². The van der Waals surface area contributed by atoms with Gasteiger partial charge in [0.15, 0.2) is 0 Å². The molecule has 0 aliphatic carbocycles. The van der Waals surface area contributed by atoms with Crippen LogP contribution >= 0.6 is 12.4 Å². The summed E-state index contributed by atoms with van der Waals surface area (Å²) in [5, 5.41) is 2.82. The molecule has 1 aromatic carbocycles. The summed E-state index contributed by atoms with van der Waals surface area (Å²) in [7, 11) is 0. The Balaban J connectivity index is 0.00000264. The van der Waals surface area contributed by atoms with Gasteiger partial charge < -0.3 is 16.0 Å². The van der Waals surface area contributed by atoms with E-state index in [-0.39, 0.29) is 30.3 Å². The summed E-state index contributed by atoms with van der Waals surface area (Å²) in [6.45, 7) is 1.70. The Morgan fingerprint density at radius 1 is 1.22 bits per heavy atom. The first-order valence-electron chi connectivity index (χ1n) is 8.01. The van der Waals surface area contributed by atoms with E-state index >= 15 is 0 Å². The summed E-state index contributed by atoms with van der Waals surface area (Å²) in [6.07, 6.45) is 3.87. The lowest BCUT2D eigenvalue weighted by molar-refractivity contribution is -0.134. The largest absolute Gasteiger partial charge is 0.355 e. The van der Waals surface area contributed by atoms with Gasteiger partial charge in [-0.05, 0) is 24.8 Å². The molecule has 0 saturated carbocycles. The molecule has 1 heterocycles. The molecule has 23 heavy (non-hydrogen) atoms. The van der Waals surface area contributed by atoms with Gasteiger partial charge in [-0.25, -0.2) is 0 Å². The van der Waals surface area contributed by atoms with E-state index < -0.39 is 0 Å². The molecule has 2 rings (SSSR count). The fourth-order valence-corrected chi connectivity index (χ4v) is 2.87. The fourth-order valence-electron chi connectivity index (χ4n) is 2.87. The van der Waals surface area contributed by atoms with Crippen molar-refractivity contribution in [3.63, 3.8) is 0 Å². The van der Waals surface area contributed by atoms with E-state index in [4.69, 9.17) is 5.73 Å². The van der Waals surface area contributed by atoms with Crippen molar-refractivity contribution in [2.75, 3.05) is 19.6 Å². The third-order valence-electron chi connectivity index (χ3n) is 4.09. The van der Waals surface area contributed by atoms with Crippen LogP contribution in [0.25, 0.3) is 0 Å². The highest BCUT2D eigenvalue weighted by Crippen LogP contribution is 2.16. The standard InChI is InChI=1S/C17H25N3O2.ClH/c18-13-15-8-4-5-11-20(15)17(22)9-10-19-16(21)12-14-6-2-1-3-7-14;/h1-3,6-7,15H,4-5,8-13,18H2,(H,19,21);1H. The normalized spacial score (nSPS) is 17.3. The van der Waals surface area contributed by atoms with E-state index in [1.54, 1.807) is 0 Å². The van der Waals surface area contributed by atoms with Crippen LogP contribution in [-0.2, 0) is 16.0 Å². The number of piperidine rings is 1. The molecule has 0 bridgehead atoms. The van der Waals surface area contributed by atoms with Crippen LogP contribution in [0.3, 0.4) is 0 Å². The second kappa shape index (κ2) is 10.2. The average molecular weight is 340 g/mol. The summed E-state index contributed by atoms with van der Waals surface area (Å²) >= 11 is 0. The van der Waals surface area contributed by atoms with Crippen molar-refractivity contribution in [1.82, 2.24) is 10.2 Å². The number of rotatable bonds is 6. The Hall–Kier alpha value is -1.59. The Morgan fingerprint density at radius 2 is 1.96 bits per heavy atom. The molecule has 1 aliphatic rings. The minimum atomic E-state index is -0.0481. The van der Waals surface area contributed by atoms with Crippen molar-refractivity contribution in [2.24, 2.45) is 5.73 Å². The molecule has 1 aliphatic heterocycles. The number of hydrogen-bond acceptors (Lipinski definition) is 3. The van der Waals surface area contributed by atoms with Gasteiger partial charge in [-0.3, -0.25) is 9.59 Å². The van der Waals surface area contributed by atoms with E-state index in [0.29, 0.717) is 25.9 Å². The molecule has 0 spiro atoms. The zero-order valence-corrected chi connectivity index (χ0v) is 14.2. The predicted octanol–water partition coefficient (Wildman–Crippen LogP) is 1.50. The van der Waals surface area contributed by atoms with Gasteiger partial charge in [0.1, 0.15) is 0 Å². The maximum absolute atomic E-state index is 12.2. The van der Waals surface area contributed by atoms with Crippen LogP contribution in [0.15, 0.2) is 30.3 Å². The molecule has 1 aromatic rings. The maximum Gasteiger partial charge on any atom is 0.224 e. The second-order valence-electron chi connectivity index (χ2n) is 5.73. The summed E-state index contributed by atoms with van der Waals surface area (Å²) < 4.78 is 0. The van der Waals surface area contributed by atoms with Crippen molar-refractivity contribution in [1.29, 1.82) is 0 Å². The van der Waals surface area contributed by atoms with Gasteiger partial charge in [0.05, 0.1) is 6.42 Å². The number of carbonyl (C=O) groups is 2. The van der Waals surface area contributed by atoms with E-state index in [2.05, 4.69) is 5.32 Å². The summed E-state index contributed by atoms with van der Waals surface area (Å²) in [4.78, 5) is 25.9. The number of nitrogens with one attached hydrogen (secondary N) is 1. The molecular weight excluding hydrogens is 314 g/mol. The van der Waals surface area contributed by atoms with Crippen molar-refractivity contribution in [2.45, 2.75) is 38.1 Å². The average Bonchev–Trinajstić information content (AvgIpc) is 2.55. The minimum Gasteiger partial charge on any atom is -0.355 e. The van der Waals surface area contributed by atoms with Crippen molar-refractivity contribution >= 4 is 24.2 Å². The van der Waals surface area contributed by atoms with Crippen LogP contribution in [0.2, 0.25) is 0 Å². The van der Waals surface area contributed by atoms with Crippen LogP contribution in [0.5, 0.6) is 0 Å². The van der Waals surface area contributed by atoms with Crippen LogP contribution in [0.1, 0.15) is 31.2 Å². The lowest BCUT2D eigenvalue weighted by Crippen LogP contribution is -2.48. The van der Waals surface area contributed by atoms with Crippen molar-refractivity contribution in [3.8, 4) is 0 Å². The summed E-state index contributed by atoms with van der Waals surface area (Å²) in [5.41, 5.74) is 6.71. The Kier molecular flexibility index (Phi) is 8.66. The summed E-state index contributed by atoms with van der Waals surface area (Å²) in [6, 6.07) is 9.76. The van der Waals surface area contributed by atoms with Gasteiger partial charge in [0, 0.05) is 32.1 Å². The fraction of sp³-hybridized carbons (Fsp3) is 0.529. The van der Waals surface area contributed by atoms with Gasteiger partial charge >= 0.3 is 0 Å². The predicted molar refractivity (Wildman–Crippen MR) is 93.4 cm³/mol. The molecule has 1 unspecified atom stereocenters. The van der Waals surface area contributed by atoms with Crippen molar-refractivity contribution in [3.05, 3.63) is 35.9 Å². The lowest BCUT2D eigenvalue weighted by Gasteiger charge is -2.35. The van der Waals surface area contributed by atoms with Gasteiger partial charge in [0.25, 0.3) is 0 Å². The van der Waals surface area contributed by atoms with E-state index in [0.717, 1.165) is 31.4 Å². The highest BCUT2D eigenvalue weighted by molar-refractivity contribution is 5.85. The molecule has 6 heteroatoms. The zero-order valence-electron chi connectivity index (χ0n) is 13.4. The molecular formula is C17H26ClN3O2. The number of benzene rings is 1. The number of hydrogen-bond donors (Lipinski definition) is 2. The number of halogens is 1. The second-order valence-corrected chi connectivity index (χ2v) is 5.73. The monoisotopic (exact) mass is 339 g/mol. The molecule has 1 saturated heterocycles. The van der Waals surface area contributed by atoms with Crippen LogP contribution in [0.4, 0.5) is 0 Å². The number of likely N-dealkylation sites (tertiary alicyclic amines) is 1. The van der Waals surface area contributed by atoms with E-state index in [1.165, 1.54) is 0 Å². The highest BCUT2D eigenvalue weighted by atomic mass is 35.5. The quantitative estimate of drug-likeness (QED) is 0.824. The third kappa shape index (κ3) is 6.20. The smallest absolute Gasteiger partial charge is 0.224 e. The molecule has 1 fully saturated rings. The molecule has 5 nitrogen and oxygen atoms in total. The first-order valence-corrected chi connectivity index (χ1v) is 8.01. The van der Waals surface area contributed by atoms with E-state index in [9.17, 15) is 9.59 Å². The number of amides is 2. The number of carbonyl (C=O) groups excluding carboxylic acids is 2. The first kappa shape index (κ1) is 19.5. The van der Waals surface area contributed by atoms with Gasteiger partial charge in [0.2, 0.25) is 11.8 Å². The molecule has 3 N–H and O–H groups in total. The molecule has 1 atom stereocenters. The van der Waals surface area contributed by atoms with Crippen LogP contribution < -0.4 is 11.1 Å². The highest BCUT2D eigenvalue weighted by Gasteiger charge is 2.24. The Morgan fingerprint density at radius 3 is 2.65 bits per heavy atom. The van der Waals surface area contributed by atoms with Crippen LogP contribution in [-0.4, -0.2) is 42.4 Å². The van der Waals surface area contributed by atoms with E-state index in [1.807, 2.05) is 35.2 Å². The minimum absolute atomic E-state index is 0. The van der Waals surface area contributed by atoms with Gasteiger partial charge in [-0.1, -0.05) is 30.3 Å². The molecule has 128 valence electrons. The zero-order chi connectivity index (χ0) is 15.8. The van der Waals surface area contributed by atoms with Gasteiger partial charge in [-0.2, -0.15) is 0 Å². The molecule has 2 amide bonds. The Bertz CT molecular complexity index is 496. The molecule has 0 radical (unpaired) electrons. The Labute approximate surface area is 144 Å². The maximum atomic E-state index is 12.2.